The van der Waals surface area contributed by atoms with Gasteiger partial charge in [0.05, 0.1) is 27.6 Å². The molecule has 254 valence electrons. The summed E-state index contributed by atoms with van der Waals surface area (Å²) in [6.07, 6.45) is 0. The van der Waals surface area contributed by atoms with E-state index in [1.54, 1.807) is 0 Å². The number of fused-ring (bicyclic) bond motifs is 8. The molecular formula is C50H34N4. The number of nitrogens with one attached hydrogen (secondary N) is 1. The molecule has 0 saturated heterocycles. The average molecular weight is 691 g/mol. The molecule has 3 aromatic heterocycles. The van der Waals surface area contributed by atoms with Gasteiger partial charge in [0.25, 0.3) is 0 Å². The van der Waals surface area contributed by atoms with Crippen molar-refractivity contribution < 1.29 is 0 Å². The summed E-state index contributed by atoms with van der Waals surface area (Å²) >= 11 is 0. The van der Waals surface area contributed by atoms with E-state index in [1.807, 2.05) is 0 Å². The van der Waals surface area contributed by atoms with Gasteiger partial charge in [0.15, 0.2) is 0 Å². The van der Waals surface area contributed by atoms with E-state index in [0.29, 0.717) is 0 Å². The second kappa shape index (κ2) is 12.1. The summed E-state index contributed by atoms with van der Waals surface area (Å²) in [6.45, 7) is 0. The van der Waals surface area contributed by atoms with Crippen LogP contribution in [0.25, 0.3) is 77.1 Å². The molecule has 0 fully saturated rings. The van der Waals surface area contributed by atoms with Gasteiger partial charge in [-0.05, 0) is 84.4 Å². The van der Waals surface area contributed by atoms with Crippen molar-refractivity contribution in [3.8, 4) is 22.5 Å². The van der Waals surface area contributed by atoms with Crippen LogP contribution in [0.15, 0.2) is 200 Å². The van der Waals surface area contributed by atoms with E-state index in [1.165, 1.54) is 49.2 Å². The zero-order chi connectivity index (χ0) is 35.6. The van der Waals surface area contributed by atoms with Gasteiger partial charge in [-0.25, -0.2) is 0 Å². The fraction of sp³-hybridized carbons (Fsp3) is 0. The molecule has 0 amide bonds. The van der Waals surface area contributed by atoms with E-state index < -0.39 is 0 Å². The summed E-state index contributed by atoms with van der Waals surface area (Å²) in [5, 5.41) is 4.88. The molecule has 4 heteroatoms. The van der Waals surface area contributed by atoms with Gasteiger partial charge < -0.3 is 19.0 Å². The molecule has 0 aliphatic carbocycles. The third-order valence-electron chi connectivity index (χ3n) is 10.8. The Morgan fingerprint density at radius 2 is 0.889 bits per heavy atom. The molecule has 4 nitrogen and oxygen atoms in total. The molecule has 11 rings (SSSR count). The first kappa shape index (κ1) is 30.3. The summed E-state index contributed by atoms with van der Waals surface area (Å²) < 4.78 is 4.93. The number of anilines is 3. The van der Waals surface area contributed by atoms with Crippen molar-refractivity contribution in [2.75, 3.05) is 4.90 Å². The fourth-order valence-corrected chi connectivity index (χ4v) is 8.48. The van der Waals surface area contributed by atoms with E-state index in [-0.39, 0.29) is 0 Å². The lowest BCUT2D eigenvalue weighted by Gasteiger charge is -2.25. The lowest BCUT2D eigenvalue weighted by atomic mass is 10.0. The van der Waals surface area contributed by atoms with Crippen molar-refractivity contribution >= 4 is 71.7 Å². The van der Waals surface area contributed by atoms with E-state index in [0.717, 1.165) is 45.0 Å². The maximum Gasteiger partial charge on any atom is 0.0803 e. The molecule has 0 atom stereocenters. The van der Waals surface area contributed by atoms with Crippen LogP contribution in [-0.4, -0.2) is 14.1 Å². The number of benzene rings is 8. The Hall–Kier alpha value is -7.30. The Kier molecular flexibility index (Phi) is 6.82. The second-order valence-electron chi connectivity index (χ2n) is 13.9. The monoisotopic (exact) mass is 690 g/mol. The van der Waals surface area contributed by atoms with Gasteiger partial charge in [-0.15, -0.1) is 0 Å². The quantitative estimate of drug-likeness (QED) is 0.185. The largest absolute Gasteiger partial charge is 0.354 e. The minimum absolute atomic E-state index is 1.10. The predicted octanol–water partition coefficient (Wildman–Crippen LogP) is 13.5. The molecule has 0 saturated carbocycles. The third-order valence-corrected chi connectivity index (χ3v) is 10.8. The van der Waals surface area contributed by atoms with Crippen LogP contribution in [0.5, 0.6) is 0 Å². The molecule has 0 aliphatic heterocycles. The summed E-state index contributed by atoms with van der Waals surface area (Å²) in [7, 11) is 0. The summed E-state index contributed by atoms with van der Waals surface area (Å²) in [5.74, 6) is 0. The number of rotatable bonds is 6. The molecular weight excluding hydrogens is 657 g/mol. The third kappa shape index (κ3) is 4.64. The zero-order valence-electron chi connectivity index (χ0n) is 29.4. The molecule has 3 heterocycles. The van der Waals surface area contributed by atoms with Crippen LogP contribution < -0.4 is 4.90 Å². The zero-order valence-corrected chi connectivity index (χ0v) is 29.4. The number of aromatic amines is 1. The van der Waals surface area contributed by atoms with Gasteiger partial charge in [-0.1, -0.05) is 121 Å². The molecule has 54 heavy (non-hydrogen) atoms. The van der Waals surface area contributed by atoms with Crippen LogP contribution in [0.1, 0.15) is 0 Å². The highest BCUT2D eigenvalue weighted by Gasteiger charge is 2.24. The first-order valence-electron chi connectivity index (χ1n) is 18.5. The fourth-order valence-electron chi connectivity index (χ4n) is 8.48. The van der Waals surface area contributed by atoms with Crippen molar-refractivity contribution in [1.82, 2.24) is 14.1 Å². The predicted molar refractivity (Wildman–Crippen MR) is 227 cm³/mol. The van der Waals surface area contributed by atoms with Gasteiger partial charge in [-0.2, -0.15) is 0 Å². The maximum absolute atomic E-state index is 3.74. The summed E-state index contributed by atoms with van der Waals surface area (Å²) in [6, 6.07) is 72.0. The lowest BCUT2D eigenvalue weighted by molar-refractivity contribution is 1.17. The van der Waals surface area contributed by atoms with Crippen molar-refractivity contribution in [1.29, 1.82) is 0 Å². The van der Waals surface area contributed by atoms with Gasteiger partial charge in [0.1, 0.15) is 0 Å². The second-order valence-corrected chi connectivity index (χ2v) is 13.9. The van der Waals surface area contributed by atoms with E-state index in [4.69, 9.17) is 0 Å². The Morgan fingerprint density at radius 3 is 1.52 bits per heavy atom. The average Bonchev–Trinajstić information content (AvgIpc) is 3.89. The number of nitrogens with zero attached hydrogens (tertiary/aromatic N) is 3. The molecule has 0 bridgehead atoms. The van der Waals surface area contributed by atoms with Crippen LogP contribution in [0.2, 0.25) is 0 Å². The molecule has 1 N–H and O–H groups in total. The molecule has 0 aliphatic rings. The Balaban J connectivity index is 1.23. The van der Waals surface area contributed by atoms with E-state index >= 15 is 0 Å². The highest BCUT2D eigenvalue weighted by atomic mass is 15.1. The van der Waals surface area contributed by atoms with Crippen LogP contribution >= 0.6 is 0 Å². The van der Waals surface area contributed by atoms with Crippen LogP contribution in [0.4, 0.5) is 17.1 Å². The van der Waals surface area contributed by atoms with Crippen molar-refractivity contribution in [3.05, 3.63) is 200 Å². The Labute approximate surface area is 312 Å². The number of hydrogen-bond acceptors (Lipinski definition) is 1. The Bertz CT molecular complexity index is 3100. The van der Waals surface area contributed by atoms with Crippen LogP contribution in [0, 0.1) is 0 Å². The van der Waals surface area contributed by atoms with Crippen molar-refractivity contribution in [2.45, 2.75) is 0 Å². The molecule has 8 aromatic carbocycles. The number of aromatic nitrogens is 3. The highest BCUT2D eigenvalue weighted by Crippen LogP contribution is 2.45. The molecule has 0 unspecified atom stereocenters. The van der Waals surface area contributed by atoms with Gasteiger partial charge in [-0.3, -0.25) is 0 Å². The topological polar surface area (TPSA) is 28.9 Å². The highest BCUT2D eigenvalue weighted by molar-refractivity contribution is 6.21. The van der Waals surface area contributed by atoms with Gasteiger partial charge in [0, 0.05) is 61.1 Å². The Morgan fingerprint density at radius 1 is 0.370 bits per heavy atom. The normalized spacial score (nSPS) is 11.7. The SMILES string of the molecule is c1ccc(N(c2ccccc2)c2ccc3c(c2)n(-c2ccccc2)c2c4ccc(-c5cccc6c5[nH]c5ccccc56)cc4n(-c4ccccc4)c32)cc1. The minimum Gasteiger partial charge on any atom is -0.354 e. The van der Waals surface area contributed by atoms with Crippen LogP contribution in [-0.2, 0) is 0 Å². The smallest absolute Gasteiger partial charge is 0.0803 e. The first-order chi connectivity index (χ1) is 26.8. The number of para-hydroxylation sites is 6. The van der Waals surface area contributed by atoms with Gasteiger partial charge in [0.2, 0.25) is 0 Å². The number of H-pyrrole nitrogens is 1. The van der Waals surface area contributed by atoms with E-state index in [9.17, 15) is 0 Å². The standard InChI is InChI=1S/C50H34N4/c1-5-16-35(17-6-1)52(36-18-7-2-8-19-36)39-29-31-44-47(33-39)54(38-22-11-4-12-23-38)49-43-30-28-34(32-46(43)53(50(44)49)37-20-9-3-10-21-37)40-25-15-26-42-41-24-13-14-27-45(41)51-48(40)42/h1-33,51H. The molecule has 11 aromatic rings. The van der Waals surface area contributed by atoms with Crippen molar-refractivity contribution in [2.24, 2.45) is 0 Å². The first-order valence-corrected chi connectivity index (χ1v) is 18.5. The van der Waals surface area contributed by atoms with Gasteiger partial charge >= 0.3 is 0 Å². The summed E-state index contributed by atoms with van der Waals surface area (Å²) in [5.41, 5.74) is 15.0. The van der Waals surface area contributed by atoms with E-state index in [2.05, 4.69) is 219 Å². The number of hydrogen-bond donors (Lipinski definition) is 1. The van der Waals surface area contributed by atoms with Crippen molar-refractivity contribution in [3.63, 3.8) is 0 Å². The lowest BCUT2D eigenvalue weighted by Crippen LogP contribution is -2.09. The molecule has 0 spiro atoms. The minimum atomic E-state index is 1.10. The summed E-state index contributed by atoms with van der Waals surface area (Å²) in [4.78, 5) is 6.08. The molecule has 0 radical (unpaired) electrons. The van der Waals surface area contributed by atoms with Crippen LogP contribution in [0.3, 0.4) is 0 Å². The maximum atomic E-state index is 3.74.